The SMILES string of the molecule is CCCOc1c2cc(-c3cccc4ccccc34)cc1Cc1cccc(c1OCCCCC[Si](C)(OCC)OCC)Cc1cc(-c3cccc4ccccc34)cc(c1OCCC)Cc1cccc(c1OCCCCC[Si](C)(OCC)OCC)C2. The molecule has 0 saturated carbocycles. The van der Waals surface area contributed by atoms with Crippen LogP contribution in [0.5, 0.6) is 23.0 Å². The lowest BCUT2D eigenvalue weighted by Gasteiger charge is -2.26. The molecule has 0 fully saturated rings. The van der Waals surface area contributed by atoms with E-state index in [2.05, 4.69) is 200 Å². The van der Waals surface area contributed by atoms with Crippen LogP contribution in [-0.2, 0) is 43.4 Å². The third-order valence-corrected chi connectivity index (χ3v) is 22.4. The minimum atomic E-state index is -2.23. The summed E-state index contributed by atoms with van der Waals surface area (Å²) in [6, 6.07) is 55.9. The molecule has 8 aromatic carbocycles. The van der Waals surface area contributed by atoms with E-state index < -0.39 is 17.1 Å². The Morgan fingerprint density at radius 3 is 0.976 bits per heavy atom. The van der Waals surface area contributed by atoms with E-state index in [1.54, 1.807) is 0 Å². The topological polar surface area (TPSA) is 73.8 Å². The van der Waals surface area contributed by atoms with Gasteiger partial charge in [-0.15, -0.1) is 0 Å². The maximum atomic E-state index is 7.26. The van der Waals surface area contributed by atoms with Crippen LogP contribution >= 0.6 is 0 Å². The molecule has 0 aliphatic heterocycles. The van der Waals surface area contributed by atoms with Crippen molar-refractivity contribution in [3.05, 3.63) is 190 Å². The van der Waals surface area contributed by atoms with Gasteiger partial charge in [0.05, 0.1) is 26.4 Å². The Bertz CT molecular complexity index is 3070. The van der Waals surface area contributed by atoms with E-state index in [1.807, 2.05) is 0 Å². The Balaban J connectivity index is 1.21. The molecule has 1 aliphatic rings. The molecule has 0 heterocycles. The van der Waals surface area contributed by atoms with Crippen molar-refractivity contribution in [2.24, 2.45) is 0 Å². The van der Waals surface area contributed by atoms with E-state index in [-0.39, 0.29) is 0 Å². The number of hydrogen-bond donors (Lipinski definition) is 0. The van der Waals surface area contributed by atoms with E-state index in [4.69, 9.17) is 36.7 Å². The Hall–Kier alpha value is -6.25. The second-order valence-corrected chi connectivity index (χ2v) is 29.5. The lowest BCUT2D eigenvalue weighted by atomic mass is 9.87. The maximum Gasteiger partial charge on any atom is 0.334 e. The highest BCUT2D eigenvalue weighted by molar-refractivity contribution is 6.66. The fraction of sp³-hybridized carbons (Fsp3) is 0.405. The average Bonchev–Trinajstić information content (AvgIpc) is 3.58. The molecule has 8 nitrogen and oxygen atoms in total. The van der Waals surface area contributed by atoms with Gasteiger partial charge in [0, 0.05) is 52.1 Å². The molecule has 0 spiro atoms. The summed E-state index contributed by atoms with van der Waals surface area (Å²) in [6.45, 7) is 22.2. The minimum Gasteiger partial charge on any atom is -0.493 e. The summed E-state index contributed by atoms with van der Waals surface area (Å²) in [5, 5.41) is 4.87. The van der Waals surface area contributed by atoms with Crippen LogP contribution < -0.4 is 18.9 Å². The van der Waals surface area contributed by atoms with Crippen LogP contribution in [0.15, 0.2) is 146 Å². The smallest absolute Gasteiger partial charge is 0.334 e. The van der Waals surface area contributed by atoms with Crippen LogP contribution in [0.4, 0.5) is 0 Å². The Morgan fingerprint density at radius 1 is 0.321 bits per heavy atom. The number of ether oxygens (including phenoxy) is 4. The summed E-state index contributed by atoms with van der Waals surface area (Å²) in [6.07, 6.45) is 10.1. The zero-order valence-electron chi connectivity index (χ0n) is 51.7. The lowest BCUT2D eigenvalue weighted by molar-refractivity contribution is 0.187. The first-order chi connectivity index (χ1) is 41.1. The molecular formula is C74H92O8Si2. The zero-order chi connectivity index (χ0) is 58.7. The molecule has 0 unspecified atom stereocenters. The quantitative estimate of drug-likeness (QED) is 0.0326. The number of unbranched alkanes of at least 4 members (excludes halogenated alkanes) is 4. The van der Waals surface area contributed by atoms with Gasteiger partial charge in [-0.2, -0.15) is 0 Å². The van der Waals surface area contributed by atoms with Crippen molar-refractivity contribution in [2.45, 2.75) is 144 Å². The lowest BCUT2D eigenvalue weighted by Crippen LogP contribution is -2.38. The first-order valence-corrected chi connectivity index (χ1v) is 36.7. The molecule has 0 aromatic heterocycles. The van der Waals surface area contributed by atoms with E-state index >= 15 is 0 Å². The fourth-order valence-corrected chi connectivity index (χ4v) is 17.5. The number of fused-ring (bicyclic) bond motifs is 10. The van der Waals surface area contributed by atoms with Gasteiger partial charge in [-0.1, -0.05) is 161 Å². The molecule has 9 rings (SSSR count). The van der Waals surface area contributed by atoms with Crippen molar-refractivity contribution < 1.29 is 36.7 Å². The predicted molar refractivity (Wildman–Crippen MR) is 352 cm³/mol. The molecule has 8 bridgehead atoms. The number of benzene rings is 8. The fourth-order valence-electron chi connectivity index (χ4n) is 12.5. The standard InChI is InChI=1S/C74H92O8Si2/c1-9-41-75-73-63-47-57-33-25-35-59(71(57)77-43-21-15-23-45-83(7,79-11-3)80-12-4)49-65-53-62(70-40-28-32-56-30-18-20-38-68(56)70)54-66(74(65)76-42-10-2)50-60-36-26-34-58(72(60)78-44-22-16-24-46-84(8,81-13-5)82-14-6)48-64(73)52-61(51-63)69-39-27-31-55-29-17-19-37-67(55)69/h17-20,25-40,51-54H,9-16,21-24,41-50H2,1-8H3. The van der Waals surface area contributed by atoms with Crippen molar-refractivity contribution in [1.29, 1.82) is 0 Å². The number of para-hydroxylation sites is 2. The van der Waals surface area contributed by atoms with E-state index in [0.29, 0.717) is 78.5 Å². The monoisotopic (exact) mass is 1160 g/mol. The van der Waals surface area contributed by atoms with Gasteiger partial charge in [-0.25, -0.2) is 0 Å². The highest BCUT2D eigenvalue weighted by atomic mass is 28.4. The molecule has 1 aliphatic carbocycles. The highest BCUT2D eigenvalue weighted by Gasteiger charge is 2.31. The Kier molecular flexibility index (Phi) is 22.8. The molecule has 0 radical (unpaired) electrons. The molecule has 0 atom stereocenters. The third kappa shape index (κ3) is 15.8. The third-order valence-electron chi connectivity index (χ3n) is 16.3. The van der Waals surface area contributed by atoms with Crippen LogP contribution in [0.25, 0.3) is 43.8 Å². The largest absolute Gasteiger partial charge is 0.493 e. The minimum absolute atomic E-state index is 0.589. The van der Waals surface area contributed by atoms with Gasteiger partial charge >= 0.3 is 17.1 Å². The van der Waals surface area contributed by atoms with Crippen molar-refractivity contribution in [3.8, 4) is 45.3 Å². The van der Waals surface area contributed by atoms with Gasteiger partial charge in [0.25, 0.3) is 0 Å². The second-order valence-electron chi connectivity index (χ2n) is 22.8. The summed E-state index contributed by atoms with van der Waals surface area (Å²) < 4.78 is 53.6. The van der Waals surface area contributed by atoms with Gasteiger partial charge < -0.3 is 36.7 Å². The van der Waals surface area contributed by atoms with Gasteiger partial charge in [0.2, 0.25) is 0 Å². The highest BCUT2D eigenvalue weighted by Crippen LogP contribution is 2.44. The van der Waals surface area contributed by atoms with Gasteiger partial charge in [-0.05, 0) is 191 Å². The van der Waals surface area contributed by atoms with Crippen molar-refractivity contribution >= 4 is 38.7 Å². The van der Waals surface area contributed by atoms with E-state index in [1.165, 1.54) is 32.7 Å². The summed E-state index contributed by atoms with van der Waals surface area (Å²) in [5.74, 6) is 3.75. The molecule has 10 heteroatoms. The van der Waals surface area contributed by atoms with Crippen LogP contribution in [0.2, 0.25) is 25.2 Å². The first kappa shape index (κ1) is 62.3. The van der Waals surface area contributed by atoms with E-state index in [9.17, 15) is 0 Å². The molecular weight excluding hydrogens is 1070 g/mol. The Morgan fingerprint density at radius 2 is 0.631 bits per heavy atom. The summed E-state index contributed by atoms with van der Waals surface area (Å²) in [4.78, 5) is 0. The van der Waals surface area contributed by atoms with Crippen LogP contribution in [0.3, 0.4) is 0 Å². The number of hydrogen-bond acceptors (Lipinski definition) is 8. The van der Waals surface area contributed by atoms with Crippen molar-refractivity contribution in [2.75, 3.05) is 52.9 Å². The summed E-state index contributed by atoms with van der Waals surface area (Å²) >= 11 is 0. The van der Waals surface area contributed by atoms with Crippen molar-refractivity contribution in [3.63, 3.8) is 0 Å². The van der Waals surface area contributed by atoms with Crippen molar-refractivity contribution in [1.82, 2.24) is 0 Å². The van der Waals surface area contributed by atoms with E-state index in [0.717, 1.165) is 142 Å². The molecule has 0 N–H and O–H groups in total. The molecule has 0 amide bonds. The first-order valence-electron chi connectivity index (χ1n) is 31.7. The maximum absolute atomic E-state index is 7.26. The zero-order valence-corrected chi connectivity index (χ0v) is 53.7. The summed E-state index contributed by atoms with van der Waals surface area (Å²) in [7, 11) is -4.46. The second kappa shape index (κ2) is 30.7. The van der Waals surface area contributed by atoms with Crippen LogP contribution in [0.1, 0.15) is 137 Å². The average molecular weight is 1170 g/mol. The van der Waals surface area contributed by atoms with Crippen LogP contribution in [-0.4, -0.2) is 70.0 Å². The molecule has 0 saturated heterocycles. The normalized spacial score (nSPS) is 12.7. The molecule has 444 valence electrons. The van der Waals surface area contributed by atoms with Gasteiger partial charge in [-0.3, -0.25) is 0 Å². The molecule has 84 heavy (non-hydrogen) atoms. The van der Waals surface area contributed by atoms with Gasteiger partial charge in [0.1, 0.15) is 23.0 Å². The van der Waals surface area contributed by atoms with Gasteiger partial charge in [0.15, 0.2) is 0 Å². The Labute approximate surface area is 504 Å². The number of rotatable bonds is 30. The van der Waals surface area contributed by atoms with Crippen LogP contribution in [0, 0.1) is 0 Å². The predicted octanol–water partition coefficient (Wildman–Crippen LogP) is 19.0. The summed E-state index contributed by atoms with van der Waals surface area (Å²) in [5.41, 5.74) is 13.8. The molecule has 8 aromatic rings.